The summed E-state index contributed by atoms with van der Waals surface area (Å²) < 4.78 is 23.1. The van der Waals surface area contributed by atoms with Crippen LogP contribution in [0.4, 0.5) is 0 Å². The Morgan fingerprint density at radius 3 is 2.00 bits per heavy atom. The van der Waals surface area contributed by atoms with Crippen molar-refractivity contribution in [2.24, 2.45) is 0 Å². The van der Waals surface area contributed by atoms with Gasteiger partial charge in [0.25, 0.3) is 0 Å². The number of halogens is 1. The normalized spacial score (nSPS) is 20.8. The zero-order valence-electron chi connectivity index (χ0n) is 8.67. The van der Waals surface area contributed by atoms with E-state index in [2.05, 4.69) is 15.9 Å². The van der Waals surface area contributed by atoms with Gasteiger partial charge in [0, 0.05) is 30.7 Å². The number of rotatable bonds is 4. The van der Waals surface area contributed by atoms with Crippen LogP contribution in [-0.2, 0) is 4.57 Å². The van der Waals surface area contributed by atoms with Gasteiger partial charge in [-0.05, 0) is 24.3 Å². The van der Waals surface area contributed by atoms with Crippen LogP contribution in [0.1, 0.15) is 0 Å². The fourth-order valence-electron chi connectivity index (χ4n) is 1.52. The molecule has 0 aliphatic carbocycles. The van der Waals surface area contributed by atoms with Crippen molar-refractivity contribution in [1.82, 2.24) is 9.34 Å². The number of hydrogen-bond acceptors (Lipinski definition) is 2. The summed E-state index contributed by atoms with van der Waals surface area (Å²) in [5, 5.41) is 0. The van der Waals surface area contributed by atoms with Crippen molar-refractivity contribution in [2.75, 3.05) is 26.2 Å². The average molecular weight is 303 g/mol. The van der Waals surface area contributed by atoms with E-state index in [1.165, 1.54) is 0 Å². The molecule has 1 aromatic rings. The molecule has 0 atom stereocenters. The maximum Gasteiger partial charge on any atom is 0.395 e. The summed E-state index contributed by atoms with van der Waals surface area (Å²) in [4.78, 5) is 0. The van der Waals surface area contributed by atoms with Crippen LogP contribution in [-0.4, -0.2) is 35.5 Å². The number of nitrogens with zero attached hydrogens (tertiary/aromatic N) is 2. The predicted octanol–water partition coefficient (Wildman–Crippen LogP) is 2.57. The van der Waals surface area contributed by atoms with Crippen LogP contribution in [0.2, 0.25) is 0 Å². The molecule has 0 N–H and O–H groups in total. The van der Waals surface area contributed by atoms with E-state index >= 15 is 0 Å². The summed E-state index contributed by atoms with van der Waals surface area (Å²) in [6, 6.07) is 7.46. The minimum Gasteiger partial charge on any atom is -0.422 e. The average Bonchev–Trinajstić information content (AvgIpc) is 3.14. The molecule has 4 nitrogen and oxygen atoms in total. The topological polar surface area (TPSA) is 32.3 Å². The summed E-state index contributed by atoms with van der Waals surface area (Å²) in [6.07, 6.45) is 0. The lowest BCUT2D eigenvalue weighted by atomic mass is 10.3. The van der Waals surface area contributed by atoms with E-state index in [9.17, 15) is 4.57 Å². The second kappa shape index (κ2) is 3.84. The van der Waals surface area contributed by atoms with E-state index in [1.54, 1.807) is 0 Å². The molecule has 3 rings (SSSR count). The molecule has 0 bridgehead atoms. The third-order valence-electron chi connectivity index (χ3n) is 2.60. The summed E-state index contributed by atoms with van der Waals surface area (Å²) in [7, 11) is -2.73. The van der Waals surface area contributed by atoms with Gasteiger partial charge in [-0.25, -0.2) is 13.9 Å². The van der Waals surface area contributed by atoms with Crippen LogP contribution >= 0.6 is 23.6 Å². The van der Waals surface area contributed by atoms with E-state index in [4.69, 9.17) is 4.52 Å². The Labute approximate surface area is 103 Å². The Kier molecular flexibility index (Phi) is 2.59. The molecular weight excluding hydrogens is 291 g/mol. The molecule has 0 spiro atoms. The molecule has 0 unspecified atom stereocenters. The number of benzene rings is 1. The second-order valence-corrected chi connectivity index (χ2v) is 7.15. The largest absolute Gasteiger partial charge is 0.422 e. The third-order valence-corrected chi connectivity index (χ3v) is 5.81. The minimum absolute atomic E-state index is 0.672. The molecule has 2 aliphatic rings. The van der Waals surface area contributed by atoms with Gasteiger partial charge in [-0.15, -0.1) is 0 Å². The van der Waals surface area contributed by atoms with Gasteiger partial charge in [0.1, 0.15) is 5.75 Å². The zero-order valence-corrected chi connectivity index (χ0v) is 11.2. The predicted molar refractivity (Wildman–Crippen MR) is 65.5 cm³/mol. The highest BCUT2D eigenvalue weighted by molar-refractivity contribution is 9.10. The first-order valence-electron chi connectivity index (χ1n) is 5.24. The van der Waals surface area contributed by atoms with Gasteiger partial charge in [0.15, 0.2) is 0 Å². The van der Waals surface area contributed by atoms with Crippen LogP contribution in [0.5, 0.6) is 5.75 Å². The smallest absolute Gasteiger partial charge is 0.395 e. The van der Waals surface area contributed by atoms with Gasteiger partial charge in [0.05, 0.1) is 0 Å². The van der Waals surface area contributed by atoms with Crippen molar-refractivity contribution in [1.29, 1.82) is 0 Å². The maximum atomic E-state index is 12.6. The standard InChI is InChI=1S/C10H12BrN2O2P/c11-9-1-3-10(4-2-9)15-16(14,12-5-6-12)13-7-8-13/h1-4H,5-8H2. The Bertz CT molecular complexity index is 427. The Hall–Kier alpha value is -0.350. The van der Waals surface area contributed by atoms with Gasteiger partial charge < -0.3 is 4.52 Å². The maximum absolute atomic E-state index is 12.6. The molecule has 2 saturated heterocycles. The Morgan fingerprint density at radius 1 is 1.06 bits per heavy atom. The Balaban J connectivity index is 1.81. The molecule has 0 saturated carbocycles. The second-order valence-electron chi connectivity index (χ2n) is 3.94. The lowest BCUT2D eigenvalue weighted by Gasteiger charge is -2.20. The highest BCUT2D eigenvalue weighted by Crippen LogP contribution is 2.60. The minimum atomic E-state index is -2.73. The summed E-state index contributed by atoms with van der Waals surface area (Å²) in [5.74, 6) is 0.672. The molecule has 2 aliphatic heterocycles. The van der Waals surface area contributed by atoms with E-state index in [1.807, 2.05) is 33.6 Å². The van der Waals surface area contributed by atoms with Gasteiger partial charge in [-0.3, -0.25) is 0 Å². The third kappa shape index (κ3) is 2.05. The molecule has 1 aromatic carbocycles. The molecule has 0 radical (unpaired) electrons. The molecule has 2 heterocycles. The quantitative estimate of drug-likeness (QED) is 0.632. The molecule has 0 aromatic heterocycles. The van der Waals surface area contributed by atoms with Gasteiger partial charge >= 0.3 is 7.67 Å². The molecular formula is C10H12BrN2O2P. The van der Waals surface area contributed by atoms with Crippen LogP contribution in [0.15, 0.2) is 28.7 Å². The molecule has 0 amide bonds. The highest BCUT2D eigenvalue weighted by atomic mass is 79.9. The summed E-state index contributed by atoms with van der Waals surface area (Å²) in [6.45, 7) is 3.52. The first-order valence-corrected chi connectivity index (χ1v) is 7.57. The summed E-state index contributed by atoms with van der Waals surface area (Å²) >= 11 is 3.36. The lowest BCUT2D eigenvalue weighted by molar-refractivity contribution is 0.410. The van der Waals surface area contributed by atoms with Gasteiger partial charge in [-0.1, -0.05) is 15.9 Å². The van der Waals surface area contributed by atoms with E-state index < -0.39 is 7.67 Å². The van der Waals surface area contributed by atoms with Crippen molar-refractivity contribution < 1.29 is 9.09 Å². The van der Waals surface area contributed by atoms with Crippen LogP contribution in [0.3, 0.4) is 0 Å². The van der Waals surface area contributed by atoms with Crippen molar-refractivity contribution >= 4 is 23.6 Å². The van der Waals surface area contributed by atoms with E-state index in [0.29, 0.717) is 5.75 Å². The van der Waals surface area contributed by atoms with Gasteiger partial charge in [-0.2, -0.15) is 0 Å². The lowest BCUT2D eigenvalue weighted by Crippen LogP contribution is -2.10. The van der Waals surface area contributed by atoms with Crippen LogP contribution in [0.25, 0.3) is 0 Å². The van der Waals surface area contributed by atoms with Gasteiger partial charge in [0.2, 0.25) is 0 Å². The Morgan fingerprint density at radius 2 is 1.56 bits per heavy atom. The molecule has 16 heavy (non-hydrogen) atoms. The fraction of sp³-hybridized carbons (Fsp3) is 0.400. The van der Waals surface area contributed by atoms with Crippen LogP contribution < -0.4 is 4.52 Å². The number of hydrogen-bond donors (Lipinski definition) is 0. The SMILES string of the molecule is O=P(Oc1ccc(Br)cc1)(N1CC1)N1CC1. The fourth-order valence-corrected chi connectivity index (χ4v) is 3.96. The van der Waals surface area contributed by atoms with Crippen molar-refractivity contribution in [3.05, 3.63) is 28.7 Å². The highest BCUT2D eigenvalue weighted by Gasteiger charge is 2.50. The van der Waals surface area contributed by atoms with E-state index in [-0.39, 0.29) is 0 Å². The summed E-state index contributed by atoms with van der Waals surface area (Å²) in [5.41, 5.74) is 0. The van der Waals surface area contributed by atoms with Crippen molar-refractivity contribution in [2.45, 2.75) is 0 Å². The zero-order chi connectivity index (χ0) is 11.2. The monoisotopic (exact) mass is 302 g/mol. The molecule has 6 heteroatoms. The van der Waals surface area contributed by atoms with Crippen molar-refractivity contribution in [3.63, 3.8) is 0 Å². The molecule has 2 fully saturated rings. The van der Waals surface area contributed by atoms with Crippen LogP contribution in [0, 0.1) is 0 Å². The first kappa shape index (κ1) is 10.8. The van der Waals surface area contributed by atoms with E-state index in [0.717, 1.165) is 30.7 Å². The molecule has 86 valence electrons. The first-order chi connectivity index (χ1) is 7.68. The van der Waals surface area contributed by atoms with Crippen molar-refractivity contribution in [3.8, 4) is 5.75 Å².